The van der Waals surface area contributed by atoms with Gasteiger partial charge in [-0.2, -0.15) is 0 Å². The largest absolute Gasteiger partial charge is 0.399 e. The summed E-state index contributed by atoms with van der Waals surface area (Å²) in [7, 11) is 0. The molecule has 2 aromatic carbocycles. The molecule has 4 N–H and O–H groups in total. The van der Waals surface area contributed by atoms with Gasteiger partial charge in [-0.05, 0) is 66.3 Å². The topological polar surface area (TPSA) is 69.1 Å². The fourth-order valence-electron chi connectivity index (χ4n) is 3.21. The Balaban J connectivity index is 1.93. The first-order valence-corrected chi connectivity index (χ1v) is 8.72. The predicted molar refractivity (Wildman–Crippen MR) is 106 cm³/mol. The molecule has 25 heavy (non-hydrogen) atoms. The minimum Gasteiger partial charge on any atom is -0.399 e. The van der Waals surface area contributed by atoms with E-state index in [0.717, 1.165) is 52.9 Å². The van der Waals surface area contributed by atoms with Crippen LogP contribution in [-0.2, 0) is 4.79 Å². The Morgan fingerprint density at radius 1 is 0.840 bits per heavy atom. The van der Waals surface area contributed by atoms with Gasteiger partial charge in [0.25, 0.3) is 0 Å². The summed E-state index contributed by atoms with van der Waals surface area (Å²) in [5.74, 6) is 0.649. The van der Waals surface area contributed by atoms with E-state index in [1.54, 1.807) is 0 Å². The first-order chi connectivity index (χ1) is 12.0. The second-order valence-corrected chi connectivity index (χ2v) is 6.68. The van der Waals surface area contributed by atoms with Crippen LogP contribution in [0, 0.1) is 5.92 Å². The molecule has 0 saturated heterocycles. The highest BCUT2D eigenvalue weighted by atomic mass is 16.1. The Labute approximate surface area is 149 Å². The minimum absolute atomic E-state index is 0.151. The number of hydrogen-bond acceptors (Lipinski definition) is 3. The molecule has 1 saturated carbocycles. The number of hydrogen-bond donors (Lipinski definition) is 2. The quantitative estimate of drug-likeness (QED) is 0.632. The number of nitrogen functional groups attached to an aromatic ring is 2. The van der Waals surface area contributed by atoms with Crippen LogP contribution in [0.5, 0.6) is 0 Å². The maximum atomic E-state index is 12.9. The van der Waals surface area contributed by atoms with Crippen molar-refractivity contribution in [3.05, 3.63) is 70.8 Å². The van der Waals surface area contributed by atoms with Gasteiger partial charge in [-0.25, -0.2) is 0 Å². The van der Waals surface area contributed by atoms with Crippen molar-refractivity contribution in [2.45, 2.75) is 26.2 Å². The van der Waals surface area contributed by atoms with E-state index in [4.69, 9.17) is 11.5 Å². The summed E-state index contributed by atoms with van der Waals surface area (Å²) >= 11 is 0. The molecule has 0 heterocycles. The number of Topliss-reactive ketones (excluding diaryl/α,β-unsaturated/α-hetero) is 1. The number of anilines is 2. The van der Waals surface area contributed by atoms with Gasteiger partial charge in [-0.1, -0.05) is 37.6 Å². The van der Waals surface area contributed by atoms with Crippen LogP contribution in [0.4, 0.5) is 11.4 Å². The normalized spacial score (nSPS) is 21.0. The van der Waals surface area contributed by atoms with E-state index >= 15 is 0 Å². The van der Waals surface area contributed by atoms with Gasteiger partial charge in [0, 0.05) is 22.5 Å². The predicted octanol–water partition coefficient (Wildman–Crippen LogP) is 4.71. The Hall–Kier alpha value is -2.81. The number of carbonyl (C=O) groups excluding carboxylic acids is 1. The van der Waals surface area contributed by atoms with Crippen molar-refractivity contribution < 1.29 is 4.79 Å². The highest BCUT2D eigenvalue weighted by Crippen LogP contribution is 2.34. The van der Waals surface area contributed by atoms with E-state index in [2.05, 4.69) is 6.92 Å². The number of rotatable bonds is 3. The Morgan fingerprint density at radius 3 is 1.60 bits per heavy atom. The summed E-state index contributed by atoms with van der Waals surface area (Å²) in [6.07, 6.45) is 6.73. The van der Waals surface area contributed by atoms with Crippen molar-refractivity contribution in [1.29, 1.82) is 0 Å². The molecule has 0 spiro atoms. The number of carbonyl (C=O) groups is 1. The van der Waals surface area contributed by atoms with Crippen molar-refractivity contribution in [1.82, 2.24) is 0 Å². The average Bonchev–Trinajstić information content (AvgIpc) is 2.62. The van der Waals surface area contributed by atoms with Crippen LogP contribution >= 0.6 is 0 Å². The number of nitrogens with two attached hydrogens (primary N) is 2. The van der Waals surface area contributed by atoms with E-state index in [-0.39, 0.29) is 5.78 Å². The zero-order valence-electron chi connectivity index (χ0n) is 14.5. The minimum atomic E-state index is 0.151. The molecule has 0 unspecified atom stereocenters. The molecule has 0 bridgehead atoms. The first-order valence-electron chi connectivity index (χ1n) is 8.72. The molecule has 3 rings (SSSR count). The number of allylic oxidation sites excluding steroid dienone is 2. The van der Waals surface area contributed by atoms with Gasteiger partial charge < -0.3 is 11.5 Å². The number of ketones is 1. The lowest BCUT2D eigenvalue weighted by atomic mass is 9.78. The summed E-state index contributed by atoms with van der Waals surface area (Å²) < 4.78 is 0. The Bertz CT molecular complexity index is 747. The van der Waals surface area contributed by atoms with E-state index in [1.165, 1.54) is 0 Å². The highest BCUT2D eigenvalue weighted by Gasteiger charge is 2.26. The van der Waals surface area contributed by atoms with Gasteiger partial charge in [-0.3, -0.25) is 4.79 Å². The summed E-state index contributed by atoms with van der Waals surface area (Å²) in [6, 6.07) is 15.3. The van der Waals surface area contributed by atoms with E-state index in [1.807, 2.05) is 60.7 Å². The molecular formula is C22H24N2O. The molecule has 3 nitrogen and oxygen atoms in total. The summed E-state index contributed by atoms with van der Waals surface area (Å²) in [5, 5.41) is 0. The third kappa shape index (κ3) is 4.18. The maximum Gasteiger partial charge on any atom is 0.185 e. The smallest absolute Gasteiger partial charge is 0.185 e. The molecule has 0 radical (unpaired) electrons. The SMILES string of the molecule is CCC1CC(=Cc2ccc(N)cc2)C(=O)C(=Cc2ccc(N)cc2)C1. The van der Waals surface area contributed by atoms with Gasteiger partial charge >= 0.3 is 0 Å². The fourth-order valence-corrected chi connectivity index (χ4v) is 3.21. The van der Waals surface area contributed by atoms with Crippen LogP contribution in [0.1, 0.15) is 37.3 Å². The van der Waals surface area contributed by atoms with Gasteiger partial charge in [0.15, 0.2) is 5.78 Å². The molecule has 1 fully saturated rings. The van der Waals surface area contributed by atoms with Crippen molar-refractivity contribution in [3.8, 4) is 0 Å². The molecule has 0 amide bonds. The zero-order valence-corrected chi connectivity index (χ0v) is 14.5. The van der Waals surface area contributed by atoms with Crippen molar-refractivity contribution in [3.63, 3.8) is 0 Å². The van der Waals surface area contributed by atoms with Crippen LogP contribution in [0.3, 0.4) is 0 Å². The summed E-state index contributed by atoms with van der Waals surface area (Å²) in [5.41, 5.74) is 16.7. The lowest BCUT2D eigenvalue weighted by Crippen LogP contribution is -2.19. The molecule has 0 aliphatic heterocycles. The summed E-state index contributed by atoms with van der Waals surface area (Å²) in [6.45, 7) is 2.18. The highest BCUT2D eigenvalue weighted by molar-refractivity contribution is 6.14. The lowest BCUT2D eigenvalue weighted by molar-refractivity contribution is -0.113. The van der Waals surface area contributed by atoms with Crippen LogP contribution in [0.2, 0.25) is 0 Å². The average molecular weight is 332 g/mol. The summed E-state index contributed by atoms with van der Waals surface area (Å²) in [4.78, 5) is 12.9. The van der Waals surface area contributed by atoms with Gasteiger partial charge in [-0.15, -0.1) is 0 Å². The molecule has 3 heteroatoms. The second-order valence-electron chi connectivity index (χ2n) is 6.68. The van der Waals surface area contributed by atoms with Crippen molar-refractivity contribution in [2.75, 3.05) is 11.5 Å². The van der Waals surface area contributed by atoms with Gasteiger partial charge in [0.2, 0.25) is 0 Å². The van der Waals surface area contributed by atoms with Crippen LogP contribution in [0.25, 0.3) is 12.2 Å². The molecule has 2 aromatic rings. The molecular weight excluding hydrogens is 308 g/mol. The van der Waals surface area contributed by atoms with Gasteiger partial charge in [0.1, 0.15) is 0 Å². The van der Waals surface area contributed by atoms with Crippen LogP contribution in [0.15, 0.2) is 59.7 Å². The Morgan fingerprint density at radius 2 is 1.24 bits per heavy atom. The molecule has 0 aromatic heterocycles. The second kappa shape index (κ2) is 7.39. The van der Waals surface area contributed by atoms with Crippen LogP contribution < -0.4 is 11.5 Å². The van der Waals surface area contributed by atoms with E-state index < -0.39 is 0 Å². The molecule has 128 valence electrons. The third-order valence-electron chi connectivity index (χ3n) is 4.73. The first kappa shape index (κ1) is 17.0. The van der Waals surface area contributed by atoms with E-state index in [0.29, 0.717) is 5.92 Å². The maximum absolute atomic E-state index is 12.9. The monoisotopic (exact) mass is 332 g/mol. The Kier molecular flexibility index (Phi) is 5.03. The van der Waals surface area contributed by atoms with E-state index in [9.17, 15) is 4.79 Å². The number of benzene rings is 2. The van der Waals surface area contributed by atoms with Crippen LogP contribution in [-0.4, -0.2) is 5.78 Å². The molecule has 0 atom stereocenters. The third-order valence-corrected chi connectivity index (χ3v) is 4.73. The molecule has 1 aliphatic carbocycles. The van der Waals surface area contributed by atoms with Crippen molar-refractivity contribution >= 4 is 29.3 Å². The fraction of sp³-hybridized carbons (Fsp3) is 0.227. The van der Waals surface area contributed by atoms with Gasteiger partial charge in [0.05, 0.1) is 0 Å². The lowest BCUT2D eigenvalue weighted by Gasteiger charge is -2.25. The zero-order chi connectivity index (χ0) is 17.8. The van der Waals surface area contributed by atoms with Crippen molar-refractivity contribution in [2.24, 2.45) is 5.92 Å². The standard InChI is InChI=1S/C22H24N2O/c1-2-15-11-18(13-16-3-7-20(23)8-4-16)22(25)19(12-15)14-17-5-9-21(24)10-6-17/h3-10,13-15H,2,11-12,23-24H2,1H3. The molecule has 1 aliphatic rings.